The molecular weight excluding hydrogens is 322 g/mol. The van der Waals surface area contributed by atoms with Crippen LogP contribution in [0.2, 0.25) is 0 Å². The van der Waals surface area contributed by atoms with Gasteiger partial charge in [-0.3, -0.25) is 4.79 Å². The van der Waals surface area contributed by atoms with Crippen molar-refractivity contribution in [2.45, 2.75) is 44.1 Å². The molecule has 1 aliphatic carbocycles. The molecule has 1 aliphatic rings. The second kappa shape index (κ2) is 5.95. The predicted molar refractivity (Wildman–Crippen MR) is 79.5 cm³/mol. The number of carboxylic acid groups (broad SMARTS) is 1. The van der Waals surface area contributed by atoms with Crippen LogP contribution in [0.3, 0.4) is 0 Å². The van der Waals surface area contributed by atoms with Crippen LogP contribution in [0.4, 0.5) is 0 Å². The van der Waals surface area contributed by atoms with E-state index in [0.717, 1.165) is 29.3 Å². The summed E-state index contributed by atoms with van der Waals surface area (Å²) < 4.78 is 0.965. The molecule has 0 aromatic heterocycles. The lowest BCUT2D eigenvalue weighted by atomic mass is 9.94. The van der Waals surface area contributed by atoms with Crippen molar-refractivity contribution in [1.29, 1.82) is 0 Å². The topological polar surface area (TPSA) is 66.4 Å². The molecule has 0 unspecified atom stereocenters. The Balaban J connectivity index is 2.12. The van der Waals surface area contributed by atoms with Crippen LogP contribution in [0.25, 0.3) is 0 Å². The molecule has 1 fully saturated rings. The van der Waals surface area contributed by atoms with Crippen molar-refractivity contribution in [3.8, 4) is 0 Å². The van der Waals surface area contributed by atoms with E-state index < -0.39 is 17.4 Å². The number of rotatable bonds is 6. The van der Waals surface area contributed by atoms with Crippen LogP contribution in [0.5, 0.6) is 0 Å². The van der Waals surface area contributed by atoms with Gasteiger partial charge in [-0.05, 0) is 37.0 Å². The summed E-state index contributed by atoms with van der Waals surface area (Å²) >= 11 is 3.37. The first-order chi connectivity index (χ1) is 9.49. The van der Waals surface area contributed by atoms with Crippen LogP contribution >= 0.6 is 15.9 Å². The fourth-order valence-electron chi connectivity index (χ4n) is 2.38. The summed E-state index contributed by atoms with van der Waals surface area (Å²) in [5.41, 5.74) is 0.432. The molecule has 108 valence electrons. The Bertz CT molecular complexity index is 508. The lowest BCUT2D eigenvalue weighted by Crippen LogP contribution is -2.45. The number of hydrogen-bond donors (Lipinski definition) is 2. The zero-order valence-electron chi connectivity index (χ0n) is 11.4. The molecular formula is C15H18BrNO3. The van der Waals surface area contributed by atoms with Crippen molar-refractivity contribution in [1.82, 2.24) is 5.32 Å². The van der Waals surface area contributed by atoms with E-state index in [2.05, 4.69) is 21.2 Å². The van der Waals surface area contributed by atoms with Gasteiger partial charge in [0.1, 0.15) is 6.04 Å². The van der Waals surface area contributed by atoms with Gasteiger partial charge >= 0.3 is 5.97 Å². The van der Waals surface area contributed by atoms with Crippen LogP contribution in [0.15, 0.2) is 28.7 Å². The van der Waals surface area contributed by atoms with Crippen LogP contribution < -0.4 is 5.32 Å². The van der Waals surface area contributed by atoms with Crippen molar-refractivity contribution in [2.24, 2.45) is 0 Å². The highest BCUT2D eigenvalue weighted by Gasteiger charge is 2.51. The summed E-state index contributed by atoms with van der Waals surface area (Å²) in [6.07, 6.45) is 2.73. The Morgan fingerprint density at radius 2 is 1.95 bits per heavy atom. The number of amides is 1. The average molecular weight is 340 g/mol. The first kappa shape index (κ1) is 15.0. The number of carboxylic acids is 1. The summed E-state index contributed by atoms with van der Waals surface area (Å²) in [5, 5.41) is 11.8. The molecule has 0 bridgehead atoms. The molecule has 1 saturated carbocycles. The normalized spacial score (nSPS) is 17.3. The van der Waals surface area contributed by atoms with Gasteiger partial charge in [0, 0.05) is 4.47 Å². The highest BCUT2D eigenvalue weighted by atomic mass is 79.9. The molecule has 1 aromatic rings. The Labute approximate surface area is 126 Å². The van der Waals surface area contributed by atoms with Crippen molar-refractivity contribution in [2.75, 3.05) is 0 Å². The number of hydrogen-bond acceptors (Lipinski definition) is 2. The largest absolute Gasteiger partial charge is 0.480 e. The third kappa shape index (κ3) is 3.03. The standard InChI is InChI=1S/C15H18BrNO3/c1-2-3-12(13(18)19)17-14(20)15(8-9-15)10-4-6-11(16)7-5-10/h4-7,12H,2-3,8-9H2,1H3,(H,17,20)(H,18,19)/t12-/m0/s1. The second-order valence-electron chi connectivity index (χ2n) is 5.24. The zero-order chi connectivity index (χ0) is 14.8. The van der Waals surface area contributed by atoms with Crippen molar-refractivity contribution < 1.29 is 14.7 Å². The molecule has 1 amide bonds. The van der Waals surface area contributed by atoms with E-state index in [1.165, 1.54) is 0 Å². The lowest BCUT2D eigenvalue weighted by molar-refractivity contribution is -0.142. The van der Waals surface area contributed by atoms with E-state index in [-0.39, 0.29) is 5.91 Å². The zero-order valence-corrected chi connectivity index (χ0v) is 12.9. The van der Waals surface area contributed by atoms with E-state index in [4.69, 9.17) is 5.11 Å². The fraction of sp³-hybridized carbons (Fsp3) is 0.467. The molecule has 0 radical (unpaired) electrons. The predicted octanol–water partition coefficient (Wildman–Crippen LogP) is 2.85. The summed E-state index contributed by atoms with van der Waals surface area (Å²) in [4.78, 5) is 23.5. The average Bonchev–Trinajstić information content (AvgIpc) is 3.20. The van der Waals surface area contributed by atoms with Crippen LogP contribution in [-0.4, -0.2) is 23.0 Å². The van der Waals surface area contributed by atoms with Gasteiger partial charge in [-0.2, -0.15) is 0 Å². The maximum atomic E-state index is 12.4. The number of nitrogens with one attached hydrogen (secondary N) is 1. The third-order valence-electron chi connectivity index (χ3n) is 3.76. The number of carbonyl (C=O) groups is 2. The minimum Gasteiger partial charge on any atom is -0.480 e. The van der Waals surface area contributed by atoms with Crippen LogP contribution in [0, 0.1) is 0 Å². The van der Waals surface area contributed by atoms with Crippen molar-refractivity contribution >= 4 is 27.8 Å². The highest BCUT2D eigenvalue weighted by molar-refractivity contribution is 9.10. The number of halogens is 1. The number of aliphatic carboxylic acids is 1. The second-order valence-corrected chi connectivity index (χ2v) is 6.16. The molecule has 0 heterocycles. The van der Waals surface area contributed by atoms with Crippen LogP contribution in [0.1, 0.15) is 38.2 Å². The first-order valence-electron chi connectivity index (χ1n) is 6.79. The van der Waals surface area contributed by atoms with Gasteiger partial charge < -0.3 is 10.4 Å². The molecule has 5 heteroatoms. The van der Waals surface area contributed by atoms with Gasteiger partial charge in [0.2, 0.25) is 5.91 Å². The maximum absolute atomic E-state index is 12.4. The van der Waals surface area contributed by atoms with Crippen LogP contribution in [-0.2, 0) is 15.0 Å². The Hall–Kier alpha value is -1.36. The fourth-order valence-corrected chi connectivity index (χ4v) is 2.65. The molecule has 4 nitrogen and oxygen atoms in total. The smallest absolute Gasteiger partial charge is 0.326 e. The molecule has 2 rings (SSSR count). The van der Waals surface area contributed by atoms with Crippen molar-refractivity contribution in [3.05, 3.63) is 34.3 Å². The first-order valence-corrected chi connectivity index (χ1v) is 7.59. The number of benzene rings is 1. The molecule has 0 saturated heterocycles. The van der Waals surface area contributed by atoms with Gasteiger partial charge in [0.05, 0.1) is 5.41 Å². The Morgan fingerprint density at radius 1 is 1.35 bits per heavy atom. The molecule has 1 aromatic carbocycles. The van der Waals surface area contributed by atoms with E-state index in [1.54, 1.807) is 0 Å². The highest BCUT2D eigenvalue weighted by Crippen LogP contribution is 2.48. The van der Waals surface area contributed by atoms with Gasteiger partial charge in [0.15, 0.2) is 0 Å². The Kier molecular flexibility index (Phi) is 4.48. The lowest BCUT2D eigenvalue weighted by Gasteiger charge is -2.20. The monoisotopic (exact) mass is 339 g/mol. The quantitative estimate of drug-likeness (QED) is 0.837. The van der Waals surface area contributed by atoms with Crippen molar-refractivity contribution in [3.63, 3.8) is 0 Å². The maximum Gasteiger partial charge on any atom is 0.326 e. The molecule has 0 spiro atoms. The summed E-state index contributed by atoms with van der Waals surface area (Å²) in [6, 6.07) is 6.87. The van der Waals surface area contributed by atoms with Gasteiger partial charge in [-0.25, -0.2) is 4.79 Å². The Morgan fingerprint density at radius 3 is 2.40 bits per heavy atom. The summed E-state index contributed by atoms with van der Waals surface area (Å²) in [7, 11) is 0. The van der Waals surface area contributed by atoms with Gasteiger partial charge in [-0.1, -0.05) is 41.4 Å². The summed E-state index contributed by atoms with van der Waals surface area (Å²) in [5.74, 6) is -1.13. The van der Waals surface area contributed by atoms with Gasteiger partial charge in [-0.15, -0.1) is 0 Å². The van der Waals surface area contributed by atoms with E-state index >= 15 is 0 Å². The molecule has 1 atom stereocenters. The minimum absolute atomic E-state index is 0.166. The SMILES string of the molecule is CCC[C@H](NC(=O)C1(c2ccc(Br)cc2)CC1)C(=O)O. The van der Waals surface area contributed by atoms with E-state index in [9.17, 15) is 9.59 Å². The number of carbonyl (C=O) groups excluding carboxylic acids is 1. The molecule has 2 N–H and O–H groups in total. The third-order valence-corrected chi connectivity index (χ3v) is 4.29. The minimum atomic E-state index is -0.966. The molecule has 0 aliphatic heterocycles. The summed E-state index contributed by atoms with van der Waals surface area (Å²) in [6.45, 7) is 1.91. The van der Waals surface area contributed by atoms with E-state index in [1.807, 2.05) is 31.2 Å². The molecule has 20 heavy (non-hydrogen) atoms. The van der Waals surface area contributed by atoms with E-state index in [0.29, 0.717) is 6.42 Å². The van der Waals surface area contributed by atoms with Gasteiger partial charge in [0.25, 0.3) is 0 Å².